The molecule has 1 aromatic carbocycles. The number of carbonyl (C=O) groups excluding carboxylic acids is 3. The number of rotatable bonds is 3. The third kappa shape index (κ3) is 2.63. The Kier molecular flexibility index (Phi) is 4.17. The highest BCUT2D eigenvalue weighted by Crippen LogP contribution is 2.31. The van der Waals surface area contributed by atoms with Crippen LogP contribution in [0.3, 0.4) is 0 Å². The Morgan fingerprint density at radius 1 is 1.22 bits per heavy atom. The summed E-state index contributed by atoms with van der Waals surface area (Å²) in [6, 6.07) is 7.75. The molecule has 2 fully saturated rings. The fourth-order valence-corrected chi connectivity index (χ4v) is 3.65. The van der Waals surface area contributed by atoms with Crippen LogP contribution >= 0.6 is 0 Å². The number of benzene rings is 1. The van der Waals surface area contributed by atoms with Crippen LogP contribution in [0.2, 0.25) is 0 Å². The maximum absolute atomic E-state index is 12.8. The van der Waals surface area contributed by atoms with E-state index in [1.54, 1.807) is 34.1 Å². The summed E-state index contributed by atoms with van der Waals surface area (Å²) in [4.78, 5) is 40.6. The van der Waals surface area contributed by atoms with Gasteiger partial charge in [0, 0.05) is 18.7 Å². The van der Waals surface area contributed by atoms with Gasteiger partial charge < -0.3 is 15.5 Å². The van der Waals surface area contributed by atoms with Crippen molar-refractivity contribution < 1.29 is 14.4 Å². The van der Waals surface area contributed by atoms with Crippen LogP contribution in [0.1, 0.15) is 30.1 Å². The number of piperazine rings is 1. The molecule has 2 saturated heterocycles. The van der Waals surface area contributed by atoms with Crippen molar-refractivity contribution in [2.24, 2.45) is 5.73 Å². The van der Waals surface area contributed by atoms with Crippen molar-refractivity contribution in [3.8, 4) is 0 Å². The molecule has 0 radical (unpaired) electrons. The zero-order valence-electron chi connectivity index (χ0n) is 13.1. The third-order valence-corrected chi connectivity index (χ3v) is 4.80. The first-order valence-corrected chi connectivity index (χ1v) is 7.93. The fraction of sp³-hybridized carbons (Fsp3) is 0.471. The van der Waals surface area contributed by atoms with Crippen molar-refractivity contribution in [3.63, 3.8) is 0 Å². The zero-order chi connectivity index (χ0) is 16.6. The number of Topliss-reactive ketones (excluding diaryl/α,β-unsaturated/α-hetero) is 1. The second kappa shape index (κ2) is 6.12. The lowest BCUT2D eigenvalue weighted by Crippen LogP contribution is -2.65. The van der Waals surface area contributed by atoms with Gasteiger partial charge in [0.05, 0.1) is 12.1 Å². The zero-order valence-corrected chi connectivity index (χ0v) is 13.1. The number of carbonyl (C=O) groups is 3. The largest absolute Gasteiger partial charge is 0.328 e. The minimum Gasteiger partial charge on any atom is -0.328 e. The number of amides is 2. The van der Waals surface area contributed by atoms with Crippen molar-refractivity contribution >= 4 is 17.6 Å². The summed E-state index contributed by atoms with van der Waals surface area (Å²) in [7, 11) is 0. The summed E-state index contributed by atoms with van der Waals surface area (Å²) in [5.74, 6) is -0.384. The Morgan fingerprint density at radius 2 is 1.91 bits per heavy atom. The van der Waals surface area contributed by atoms with E-state index in [-0.39, 0.29) is 36.2 Å². The van der Waals surface area contributed by atoms with E-state index in [0.29, 0.717) is 18.5 Å². The standard InChI is InChI=1S/C17H21N3O3/c1-11(21)14-8-7-13-10-19(15(9-18)17(23)20(13)14)16(22)12-5-3-2-4-6-12/h2-6,13-15H,7-10,18H2,1H3. The van der Waals surface area contributed by atoms with Crippen LogP contribution in [-0.4, -0.2) is 58.6 Å². The number of hydrogen-bond donors (Lipinski definition) is 1. The lowest BCUT2D eigenvalue weighted by atomic mass is 10.0. The van der Waals surface area contributed by atoms with Gasteiger partial charge in [-0.3, -0.25) is 14.4 Å². The molecule has 2 aliphatic rings. The molecule has 2 amide bonds. The first kappa shape index (κ1) is 15.7. The molecule has 6 heteroatoms. The predicted octanol–water partition coefficient (Wildman–Crippen LogP) is 0.418. The number of fused-ring (bicyclic) bond motifs is 1. The van der Waals surface area contributed by atoms with Gasteiger partial charge >= 0.3 is 0 Å². The average molecular weight is 315 g/mol. The SMILES string of the molecule is CC(=O)C1CCC2CN(C(=O)c3ccccc3)C(CN)C(=O)N21. The topological polar surface area (TPSA) is 83.7 Å². The van der Waals surface area contributed by atoms with Crippen molar-refractivity contribution in [2.45, 2.75) is 37.9 Å². The predicted molar refractivity (Wildman–Crippen MR) is 84.7 cm³/mol. The van der Waals surface area contributed by atoms with E-state index < -0.39 is 6.04 Å². The minimum absolute atomic E-state index is 0.000502. The first-order valence-electron chi connectivity index (χ1n) is 7.93. The van der Waals surface area contributed by atoms with E-state index in [2.05, 4.69) is 0 Å². The molecule has 3 rings (SSSR count). The Morgan fingerprint density at radius 3 is 2.52 bits per heavy atom. The van der Waals surface area contributed by atoms with Gasteiger partial charge in [-0.25, -0.2) is 0 Å². The molecule has 6 nitrogen and oxygen atoms in total. The first-order chi connectivity index (χ1) is 11.0. The monoisotopic (exact) mass is 315 g/mol. The van der Waals surface area contributed by atoms with E-state index in [1.165, 1.54) is 6.92 Å². The Labute approximate surface area is 135 Å². The van der Waals surface area contributed by atoms with Gasteiger partial charge in [-0.05, 0) is 31.9 Å². The third-order valence-electron chi connectivity index (χ3n) is 4.80. The van der Waals surface area contributed by atoms with Gasteiger partial charge in [0.2, 0.25) is 5.91 Å². The molecule has 0 aliphatic carbocycles. The summed E-state index contributed by atoms with van der Waals surface area (Å²) in [5, 5.41) is 0. The number of ketones is 1. The van der Waals surface area contributed by atoms with Crippen LogP contribution in [0.15, 0.2) is 30.3 Å². The van der Waals surface area contributed by atoms with Gasteiger partial charge in [0.25, 0.3) is 5.91 Å². The summed E-state index contributed by atoms with van der Waals surface area (Å²) in [6.45, 7) is 2.01. The molecule has 0 aromatic heterocycles. The Hall–Kier alpha value is -2.21. The lowest BCUT2D eigenvalue weighted by Gasteiger charge is -2.44. The summed E-state index contributed by atoms with van der Waals surface area (Å²) < 4.78 is 0. The molecule has 122 valence electrons. The van der Waals surface area contributed by atoms with Gasteiger partial charge in [-0.1, -0.05) is 18.2 Å². The smallest absolute Gasteiger partial charge is 0.254 e. The van der Waals surface area contributed by atoms with Gasteiger partial charge in [0.15, 0.2) is 5.78 Å². The maximum atomic E-state index is 12.8. The van der Waals surface area contributed by atoms with E-state index in [0.717, 1.165) is 6.42 Å². The van der Waals surface area contributed by atoms with Gasteiger partial charge in [-0.2, -0.15) is 0 Å². The van der Waals surface area contributed by atoms with Crippen LogP contribution in [0.4, 0.5) is 0 Å². The maximum Gasteiger partial charge on any atom is 0.254 e. The number of nitrogens with two attached hydrogens (primary N) is 1. The molecule has 0 spiro atoms. The molecule has 1 aromatic rings. The molecule has 2 aliphatic heterocycles. The fourth-order valence-electron chi connectivity index (χ4n) is 3.65. The van der Waals surface area contributed by atoms with Crippen molar-refractivity contribution in [1.82, 2.24) is 9.80 Å². The van der Waals surface area contributed by atoms with Crippen LogP contribution in [0, 0.1) is 0 Å². The van der Waals surface area contributed by atoms with Crippen molar-refractivity contribution in [1.29, 1.82) is 0 Å². The molecule has 3 atom stereocenters. The summed E-state index contributed by atoms with van der Waals surface area (Å²) in [5.41, 5.74) is 6.33. The minimum atomic E-state index is -0.695. The number of hydrogen-bond acceptors (Lipinski definition) is 4. The van der Waals surface area contributed by atoms with Gasteiger partial charge in [-0.15, -0.1) is 0 Å². The summed E-state index contributed by atoms with van der Waals surface area (Å²) >= 11 is 0. The molecular weight excluding hydrogens is 294 g/mol. The normalized spacial score (nSPS) is 27.0. The average Bonchev–Trinajstić information content (AvgIpc) is 2.99. The highest BCUT2D eigenvalue weighted by atomic mass is 16.2. The number of nitrogens with zero attached hydrogens (tertiary/aromatic N) is 2. The highest BCUT2D eigenvalue weighted by molar-refractivity contribution is 5.99. The van der Waals surface area contributed by atoms with Crippen LogP contribution in [0.5, 0.6) is 0 Å². The molecule has 2 N–H and O–H groups in total. The van der Waals surface area contributed by atoms with Crippen LogP contribution < -0.4 is 5.73 Å². The Bertz CT molecular complexity index is 631. The molecule has 23 heavy (non-hydrogen) atoms. The summed E-state index contributed by atoms with van der Waals surface area (Å²) in [6.07, 6.45) is 1.41. The quantitative estimate of drug-likeness (QED) is 0.876. The second-order valence-corrected chi connectivity index (χ2v) is 6.18. The lowest BCUT2D eigenvalue weighted by molar-refractivity contribution is -0.147. The van der Waals surface area contributed by atoms with Gasteiger partial charge in [0.1, 0.15) is 6.04 Å². The molecular formula is C17H21N3O3. The molecule has 3 unspecified atom stereocenters. The highest BCUT2D eigenvalue weighted by Gasteiger charge is 2.48. The van der Waals surface area contributed by atoms with Crippen molar-refractivity contribution in [2.75, 3.05) is 13.1 Å². The molecule has 2 heterocycles. The van der Waals surface area contributed by atoms with Crippen LogP contribution in [-0.2, 0) is 9.59 Å². The Balaban J connectivity index is 1.88. The molecule has 0 bridgehead atoms. The van der Waals surface area contributed by atoms with Crippen molar-refractivity contribution in [3.05, 3.63) is 35.9 Å². The second-order valence-electron chi connectivity index (χ2n) is 6.18. The van der Waals surface area contributed by atoms with E-state index >= 15 is 0 Å². The van der Waals surface area contributed by atoms with E-state index in [1.807, 2.05) is 6.07 Å². The molecule has 0 saturated carbocycles. The van der Waals surface area contributed by atoms with Crippen LogP contribution in [0.25, 0.3) is 0 Å². The van der Waals surface area contributed by atoms with E-state index in [9.17, 15) is 14.4 Å². The van der Waals surface area contributed by atoms with E-state index in [4.69, 9.17) is 5.73 Å².